The van der Waals surface area contributed by atoms with Crippen LogP contribution in [0.1, 0.15) is 42.6 Å². The molecule has 2 aliphatic rings. The van der Waals surface area contributed by atoms with Crippen LogP contribution >= 0.6 is 0 Å². The lowest BCUT2D eigenvalue weighted by Gasteiger charge is -2.44. The summed E-state index contributed by atoms with van der Waals surface area (Å²) in [6, 6.07) is 8.02. The molecule has 2 aromatic rings. The van der Waals surface area contributed by atoms with Crippen LogP contribution in [0.3, 0.4) is 0 Å². The number of ether oxygens (including phenoxy) is 1. The molecule has 2 heterocycles. The van der Waals surface area contributed by atoms with Gasteiger partial charge in [0.25, 0.3) is 5.91 Å². The van der Waals surface area contributed by atoms with Crippen molar-refractivity contribution in [2.24, 2.45) is 5.92 Å². The summed E-state index contributed by atoms with van der Waals surface area (Å²) in [5, 5.41) is 2.45. The van der Waals surface area contributed by atoms with Gasteiger partial charge in [0.2, 0.25) is 11.8 Å². The lowest BCUT2D eigenvalue weighted by molar-refractivity contribution is -0.139. The van der Waals surface area contributed by atoms with Crippen molar-refractivity contribution in [2.45, 2.75) is 44.4 Å². The summed E-state index contributed by atoms with van der Waals surface area (Å²) in [5.74, 6) is -2.45. The number of carbonyl (C=O) groups is 3. The molecule has 1 atom stereocenters. The van der Waals surface area contributed by atoms with E-state index in [1.807, 2.05) is 48.2 Å². The van der Waals surface area contributed by atoms with E-state index >= 15 is 0 Å². The van der Waals surface area contributed by atoms with E-state index in [2.05, 4.69) is 5.32 Å². The van der Waals surface area contributed by atoms with E-state index in [1.165, 1.54) is 0 Å². The molecular formula is C31H39F4N5O4. The number of hydrogen-bond donors (Lipinski definition) is 1. The van der Waals surface area contributed by atoms with Gasteiger partial charge in [0.15, 0.2) is 0 Å². The minimum absolute atomic E-state index is 0.0513. The lowest BCUT2D eigenvalue weighted by Crippen LogP contribution is -2.60. The first-order chi connectivity index (χ1) is 20.6. The number of hydrogen-bond acceptors (Lipinski definition) is 6. The van der Waals surface area contributed by atoms with E-state index in [4.69, 9.17) is 4.74 Å². The average molecular weight is 622 g/mol. The molecule has 1 N–H and O–H groups in total. The van der Waals surface area contributed by atoms with Crippen molar-refractivity contribution >= 4 is 23.4 Å². The summed E-state index contributed by atoms with van der Waals surface area (Å²) < 4.78 is 59.7. The fraction of sp³-hybridized carbons (Fsp3) is 0.516. The average Bonchev–Trinajstić information content (AvgIpc) is 3.20. The van der Waals surface area contributed by atoms with Gasteiger partial charge in [-0.25, -0.2) is 4.39 Å². The van der Waals surface area contributed by atoms with Gasteiger partial charge in [0.05, 0.1) is 17.8 Å². The largest absolute Gasteiger partial charge is 0.492 e. The fourth-order valence-corrected chi connectivity index (χ4v) is 5.67. The third-order valence-electron chi connectivity index (χ3n) is 8.23. The van der Waals surface area contributed by atoms with Gasteiger partial charge in [-0.15, -0.1) is 0 Å². The maximum atomic E-state index is 14.4. The van der Waals surface area contributed by atoms with Gasteiger partial charge in [-0.2, -0.15) is 13.2 Å². The number of rotatable bonds is 9. The van der Waals surface area contributed by atoms with Gasteiger partial charge in [0, 0.05) is 32.4 Å². The van der Waals surface area contributed by atoms with E-state index in [0.29, 0.717) is 44.3 Å². The number of carbonyl (C=O) groups excluding carboxylic acids is 3. The number of benzene rings is 2. The molecule has 4 rings (SSSR count). The highest BCUT2D eigenvalue weighted by Crippen LogP contribution is 2.40. The van der Waals surface area contributed by atoms with Crippen molar-refractivity contribution in [1.29, 1.82) is 0 Å². The molecule has 0 aliphatic carbocycles. The highest BCUT2D eigenvalue weighted by atomic mass is 19.4. The fourth-order valence-electron chi connectivity index (χ4n) is 5.67. The van der Waals surface area contributed by atoms with Gasteiger partial charge < -0.3 is 29.7 Å². The van der Waals surface area contributed by atoms with Crippen LogP contribution in [-0.2, 0) is 15.8 Å². The lowest BCUT2D eigenvalue weighted by atomic mass is 9.85. The Labute approximate surface area is 254 Å². The number of nitrogens with zero attached hydrogens (tertiary/aromatic N) is 4. The Hall–Kier alpha value is -3.87. The van der Waals surface area contributed by atoms with Gasteiger partial charge in [0.1, 0.15) is 29.8 Å². The molecule has 2 saturated heterocycles. The molecule has 1 spiro atoms. The maximum Gasteiger partial charge on any atom is 0.416 e. The molecule has 0 saturated carbocycles. The Morgan fingerprint density at radius 2 is 1.70 bits per heavy atom. The normalized spacial score (nSPS) is 17.5. The molecule has 3 amide bonds. The second-order valence-corrected chi connectivity index (χ2v) is 12.0. The maximum absolute atomic E-state index is 14.4. The molecule has 240 valence electrons. The van der Waals surface area contributed by atoms with E-state index in [1.54, 1.807) is 30.7 Å². The minimum Gasteiger partial charge on any atom is -0.492 e. The molecule has 0 bridgehead atoms. The van der Waals surface area contributed by atoms with Crippen molar-refractivity contribution in [1.82, 2.24) is 20.0 Å². The Morgan fingerprint density at radius 1 is 1.07 bits per heavy atom. The first-order valence-corrected chi connectivity index (χ1v) is 14.5. The molecule has 44 heavy (non-hydrogen) atoms. The number of amides is 3. The Kier molecular flexibility index (Phi) is 9.77. The third-order valence-corrected chi connectivity index (χ3v) is 8.23. The summed E-state index contributed by atoms with van der Waals surface area (Å²) in [6.07, 6.45) is -4.09. The molecule has 2 aromatic carbocycles. The number of alkyl halides is 3. The summed E-state index contributed by atoms with van der Waals surface area (Å²) in [7, 11) is 5.66. The number of likely N-dealkylation sites (N-methyl/N-ethyl adjacent to an activating group) is 2. The van der Waals surface area contributed by atoms with E-state index in [-0.39, 0.29) is 19.0 Å². The van der Waals surface area contributed by atoms with E-state index < -0.39 is 52.4 Å². The van der Waals surface area contributed by atoms with Crippen molar-refractivity contribution in [3.63, 3.8) is 0 Å². The molecule has 2 fully saturated rings. The second-order valence-electron chi connectivity index (χ2n) is 12.0. The third kappa shape index (κ3) is 6.92. The molecule has 2 aliphatic heterocycles. The molecule has 0 aromatic heterocycles. The smallest absolute Gasteiger partial charge is 0.416 e. The van der Waals surface area contributed by atoms with Crippen LogP contribution in [0.5, 0.6) is 5.75 Å². The van der Waals surface area contributed by atoms with Crippen molar-refractivity contribution < 1.29 is 36.7 Å². The van der Waals surface area contributed by atoms with E-state index in [9.17, 15) is 31.9 Å². The van der Waals surface area contributed by atoms with Crippen LogP contribution in [0.4, 0.5) is 23.2 Å². The molecule has 9 nitrogen and oxygen atoms in total. The molecular weight excluding hydrogens is 582 g/mol. The van der Waals surface area contributed by atoms with E-state index in [0.717, 1.165) is 18.0 Å². The van der Waals surface area contributed by atoms with Gasteiger partial charge >= 0.3 is 6.18 Å². The standard InChI is InChI=1S/C31H39F4N5O4/c1-20(2)26(36-27(41)24-18-21(31(33,34)35)6-11-25(24)32)28(42)39-14-12-30(13-15-39)29(43)38(5)19-40(30)22-7-9-23(10-8-22)44-17-16-37(3)4/h6-11,18,20,26H,12-17,19H2,1-5H3,(H,36,41). The summed E-state index contributed by atoms with van der Waals surface area (Å²) >= 11 is 0. The number of halogens is 4. The summed E-state index contributed by atoms with van der Waals surface area (Å²) in [5.41, 5.74) is -1.98. The van der Waals surface area contributed by atoms with Crippen LogP contribution in [0.15, 0.2) is 42.5 Å². The topological polar surface area (TPSA) is 85.4 Å². The Balaban J connectivity index is 1.46. The zero-order valence-electron chi connectivity index (χ0n) is 25.6. The first kappa shape index (κ1) is 33.0. The monoisotopic (exact) mass is 621 g/mol. The molecule has 13 heteroatoms. The highest BCUT2D eigenvalue weighted by molar-refractivity contribution is 5.98. The quantitative estimate of drug-likeness (QED) is 0.429. The van der Waals surface area contributed by atoms with Crippen LogP contribution in [0.2, 0.25) is 0 Å². The van der Waals surface area contributed by atoms with Crippen LogP contribution < -0.4 is 15.0 Å². The second kappa shape index (κ2) is 13.0. The van der Waals surface area contributed by atoms with Crippen LogP contribution in [0, 0.1) is 11.7 Å². The van der Waals surface area contributed by atoms with Crippen molar-refractivity contribution in [3.8, 4) is 5.75 Å². The predicted molar refractivity (Wildman–Crippen MR) is 157 cm³/mol. The summed E-state index contributed by atoms with van der Waals surface area (Å²) in [6.45, 7) is 5.49. The van der Waals surface area contributed by atoms with Gasteiger partial charge in [-0.3, -0.25) is 14.4 Å². The summed E-state index contributed by atoms with van der Waals surface area (Å²) in [4.78, 5) is 47.2. The first-order valence-electron chi connectivity index (χ1n) is 14.5. The Morgan fingerprint density at radius 3 is 2.27 bits per heavy atom. The van der Waals surface area contributed by atoms with Crippen LogP contribution in [-0.4, -0.2) is 98.1 Å². The number of piperidine rings is 1. The number of nitrogens with one attached hydrogen (secondary N) is 1. The highest BCUT2D eigenvalue weighted by Gasteiger charge is 2.53. The SMILES string of the molecule is CC(C)C(NC(=O)c1cc(C(F)(F)F)ccc1F)C(=O)N1CCC2(CC1)C(=O)N(C)CN2c1ccc(OCCN(C)C)cc1. The number of likely N-dealkylation sites (tertiary alicyclic amines) is 1. The minimum atomic E-state index is -4.76. The van der Waals surface area contributed by atoms with Crippen molar-refractivity contribution in [2.75, 3.05) is 59.0 Å². The predicted octanol–water partition coefficient (Wildman–Crippen LogP) is 3.84. The van der Waals surface area contributed by atoms with Gasteiger partial charge in [-0.1, -0.05) is 13.8 Å². The zero-order valence-corrected chi connectivity index (χ0v) is 25.6. The van der Waals surface area contributed by atoms with Crippen LogP contribution in [0.25, 0.3) is 0 Å². The van der Waals surface area contributed by atoms with Gasteiger partial charge in [-0.05, 0) is 75.3 Å². The molecule has 1 unspecified atom stereocenters. The Bertz CT molecular complexity index is 1360. The number of anilines is 1. The zero-order chi connectivity index (χ0) is 32.4. The van der Waals surface area contributed by atoms with Crippen molar-refractivity contribution in [3.05, 3.63) is 59.4 Å². The molecule has 0 radical (unpaired) electrons.